The maximum atomic E-state index is 11.8. The highest BCUT2D eigenvalue weighted by Gasteiger charge is 2.28. The van der Waals surface area contributed by atoms with E-state index in [0.29, 0.717) is 24.5 Å². The molecule has 2 N–H and O–H groups in total. The number of alkyl carbamates (subject to hydrolysis) is 1. The van der Waals surface area contributed by atoms with Gasteiger partial charge in [0.15, 0.2) is 0 Å². The summed E-state index contributed by atoms with van der Waals surface area (Å²) in [5.74, 6) is 0.509. The van der Waals surface area contributed by atoms with Crippen LogP contribution in [0.25, 0.3) is 0 Å². The molecule has 0 saturated heterocycles. The molecular weight excluding hydrogens is 278 g/mol. The number of nitrogens with one attached hydrogen (secondary N) is 2. The minimum absolute atomic E-state index is 0.307. The molecule has 1 aliphatic rings. The smallest absolute Gasteiger partial charge is 0.407 e. The van der Waals surface area contributed by atoms with Gasteiger partial charge in [0, 0.05) is 18.6 Å². The van der Waals surface area contributed by atoms with Crippen LogP contribution >= 0.6 is 0 Å². The van der Waals surface area contributed by atoms with Crippen molar-refractivity contribution in [3.63, 3.8) is 0 Å². The van der Waals surface area contributed by atoms with E-state index >= 15 is 0 Å². The average Bonchev–Trinajstić information content (AvgIpc) is 2.79. The van der Waals surface area contributed by atoms with Gasteiger partial charge in [-0.1, -0.05) is 6.42 Å². The fourth-order valence-electron chi connectivity index (χ4n) is 2.93. The lowest BCUT2D eigenvalue weighted by molar-refractivity contribution is 0.0517. The van der Waals surface area contributed by atoms with Crippen LogP contribution < -0.4 is 10.6 Å². The second kappa shape index (κ2) is 8.73. The van der Waals surface area contributed by atoms with Crippen molar-refractivity contribution in [2.75, 3.05) is 27.2 Å². The molecule has 1 saturated carbocycles. The summed E-state index contributed by atoms with van der Waals surface area (Å²) in [5.41, 5.74) is -0.432. The van der Waals surface area contributed by atoms with E-state index in [1.807, 2.05) is 20.8 Å². The summed E-state index contributed by atoms with van der Waals surface area (Å²) < 4.78 is 5.30. The van der Waals surface area contributed by atoms with Crippen molar-refractivity contribution in [3.8, 4) is 0 Å². The third-order valence-corrected chi connectivity index (χ3v) is 4.07. The van der Waals surface area contributed by atoms with Gasteiger partial charge >= 0.3 is 6.09 Å². The van der Waals surface area contributed by atoms with Crippen LogP contribution in [0.1, 0.15) is 53.4 Å². The van der Waals surface area contributed by atoms with Crippen molar-refractivity contribution in [2.45, 2.75) is 71.1 Å². The van der Waals surface area contributed by atoms with Crippen LogP contribution in [-0.4, -0.2) is 55.9 Å². The summed E-state index contributed by atoms with van der Waals surface area (Å²) in [5, 5.41) is 6.66. The molecule has 0 heterocycles. The van der Waals surface area contributed by atoms with Crippen LogP contribution in [0.15, 0.2) is 0 Å². The number of nitrogens with zero attached hydrogens (tertiary/aromatic N) is 1. The maximum Gasteiger partial charge on any atom is 0.407 e. The molecule has 0 aromatic rings. The summed E-state index contributed by atoms with van der Waals surface area (Å²) in [6, 6.07) is 1.02. The standard InChI is InChI=1S/C17H35N3O2/c1-13(10-11-20(5)6)19-15-9-7-8-14(15)12-18-16(21)22-17(2,3)4/h13-15,19H,7-12H2,1-6H3,(H,18,21). The van der Waals surface area contributed by atoms with Crippen molar-refractivity contribution in [1.82, 2.24) is 15.5 Å². The number of amides is 1. The Labute approximate surface area is 136 Å². The molecular formula is C17H35N3O2. The van der Waals surface area contributed by atoms with Crippen LogP contribution in [0.4, 0.5) is 4.79 Å². The predicted molar refractivity (Wildman–Crippen MR) is 91.1 cm³/mol. The van der Waals surface area contributed by atoms with Gasteiger partial charge in [0.25, 0.3) is 0 Å². The molecule has 0 bridgehead atoms. The van der Waals surface area contributed by atoms with Gasteiger partial charge in [-0.05, 0) is 73.5 Å². The first kappa shape index (κ1) is 19.2. The van der Waals surface area contributed by atoms with Gasteiger partial charge < -0.3 is 20.3 Å². The second-order valence-electron chi connectivity index (χ2n) is 7.84. The third-order valence-electron chi connectivity index (χ3n) is 4.07. The summed E-state index contributed by atoms with van der Waals surface area (Å²) in [6.45, 7) is 9.71. The van der Waals surface area contributed by atoms with Gasteiger partial charge in [-0.2, -0.15) is 0 Å². The van der Waals surface area contributed by atoms with Gasteiger partial charge in [-0.25, -0.2) is 4.79 Å². The summed E-state index contributed by atoms with van der Waals surface area (Å²) in [4.78, 5) is 14.0. The van der Waals surface area contributed by atoms with Gasteiger partial charge in [0.05, 0.1) is 0 Å². The molecule has 22 heavy (non-hydrogen) atoms. The maximum absolute atomic E-state index is 11.8. The molecule has 0 aliphatic heterocycles. The fraction of sp³-hybridized carbons (Fsp3) is 0.941. The van der Waals surface area contributed by atoms with Crippen molar-refractivity contribution in [2.24, 2.45) is 5.92 Å². The Bertz CT molecular complexity index is 339. The molecule has 1 rings (SSSR count). The molecule has 1 aliphatic carbocycles. The zero-order chi connectivity index (χ0) is 16.8. The van der Waals surface area contributed by atoms with E-state index in [0.717, 1.165) is 13.0 Å². The molecule has 1 fully saturated rings. The molecule has 5 nitrogen and oxygen atoms in total. The lowest BCUT2D eigenvalue weighted by atomic mass is 10.0. The Morgan fingerprint density at radius 2 is 2.00 bits per heavy atom. The zero-order valence-corrected chi connectivity index (χ0v) is 15.2. The van der Waals surface area contributed by atoms with Crippen LogP contribution in [0.5, 0.6) is 0 Å². The normalized spacial score (nSPS) is 23.6. The Morgan fingerprint density at radius 3 is 2.59 bits per heavy atom. The topological polar surface area (TPSA) is 53.6 Å². The van der Waals surface area contributed by atoms with Gasteiger partial charge in [0.1, 0.15) is 5.60 Å². The van der Waals surface area contributed by atoms with Gasteiger partial charge in [0.2, 0.25) is 0 Å². The van der Waals surface area contributed by atoms with Crippen molar-refractivity contribution < 1.29 is 9.53 Å². The van der Waals surface area contributed by atoms with E-state index < -0.39 is 5.60 Å². The van der Waals surface area contributed by atoms with Crippen LogP contribution in [0, 0.1) is 5.92 Å². The first-order valence-electron chi connectivity index (χ1n) is 8.55. The Hall–Kier alpha value is -0.810. The number of carbonyl (C=O) groups is 1. The lowest BCUT2D eigenvalue weighted by Gasteiger charge is -2.26. The lowest BCUT2D eigenvalue weighted by Crippen LogP contribution is -2.44. The third kappa shape index (κ3) is 7.99. The molecule has 3 unspecified atom stereocenters. The van der Waals surface area contributed by atoms with E-state index in [2.05, 4.69) is 36.6 Å². The molecule has 0 aromatic carbocycles. The largest absolute Gasteiger partial charge is 0.444 e. The van der Waals surface area contributed by atoms with Crippen molar-refractivity contribution in [3.05, 3.63) is 0 Å². The van der Waals surface area contributed by atoms with E-state index in [1.54, 1.807) is 0 Å². The van der Waals surface area contributed by atoms with E-state index in [1.165, 1.54) is 19.3 Å². The number of ether oxygens (including phenoxy) is 1. The molecule has 3 atom stereocenters. The highest BCUT2D eigenvalue weighted by molar-refractivity contribution is 5.67. The van der Waals surface area contributed by atoms with Crippen LogP contribution in [0.2, 0.25) is 0 Å². The number of hydrogen-bond donors (Lipinski definition) is 2. The second-order valence-corrected chi connectivity index (χ2v) is 7.84. The quantitative estimate of drug-likeness (QED) is 0.758. The summed E-state index contributed by atoms with van der Waals surface area (Å²) in [7, 11) is 4.21. The van der Waals surface area contributed by atoms with Crippen LogP contribution in [0.3, 0.4) is 0 Å². The minimum atomic E-state index is -0.432. The Balaban J connectivity index is 2.32. The highest BCUT2D eigenvalue weighted by Crippen LogP contribution is 2.25. The highest BCUT2D eigenvalue weighted by atomic mass is 16.6. The first-order chi connectivity index (χ1) is 10.2. The van der Waals surface area contributed by atoms with Crippen molar-refractivity contribution in [1.29, 1.82) is 0 Å². The molecule has 130 valence electrons. The minimum Gasteiger partial charge on any atom is -0.444 e. The Kier molecular flexibility index (Phi) is 7.63. The SMILES string of the molecule is CC(CCN(C)C)NC1CCCC1CNC(=O)OC(C)(C)C. The van der Waals surface area contributed by atoms with Crippen LogP contribution in [-0.2, 0) is 4.74 Å². The molecule has 0 spiro atoms. The van der Waals surface area contributed by atoms with E-state index in [9.17, 15) is 4.79 Å². The monoisotopic (exact) mass is 313 g/mol. The van der Waals surface area contributed by atoms with Gasteiger partial charge in [-0.3, -0.25) is 0 Å². The molecule has 5 heteroatoms. The summed E-state index contributed by atoms with van der Waals surface area (Å²) >= 11 is 0. The fourth-order valence-corrected chi connectivity index (χ4v) is 2.93. The van der Waals surface area contributed by atoms with Crippen molar-refractivity contribution >= 4 is 6.09 Å². The average molecular weight is 313 g/mol. The molecule has 0 radical (unpaired) electrons. The van der Waals surface area contributed by atoms with E-state index in [-0.39, 0.29) is 6.09 Å². The van der Waals surface area contributed by atoms with E-state index in [4.69, 9.17) is 4.74 Å². The van der Waals surface area contributed by atoms with Gasteiger partial charge in [-0.15, -0.1) is 0 Å². The molecule has 1 amide bonds. The number of hydrogen-bond acceptors (Lipinski definition) is 4. The molecule has 0 aromatic heterocycles. The first-order valence-corrected chi connectivity index (χ1v) is 8.55. The number of carbonyl (C=O) groups excluding carboxylic acids is 1. The predicted octanol–water partition coefficient (Wildman–Crippen LogP) is 2.61. The summed E-state index contributed by atoms with van der Waals surface area (Å²) in [6.07, 6.45) is 4.45. The zero-order valence-electron chi connectivity index (χ0n) is 15.2. The number of rotatable bonds is 7. The Morgan fingerprint density at radius 1 is 1.32 bits per heavy atom.